The molecule has 1 rings (SSSR count). The molecular weight excluding hydrogens is 178 g/mol. The monoisotopic (exact) mass is 188 g/mol. The maximum atomic E-state index is 10.9. The van der Waals surface area contributed by atoms with E-state index in [9.17, 15) is 9.59 Å². The maximum Gasteiger partial charge on any atom is 0.605 e. The Labute approximate surface area is 74.1 Å². The Bertz CT molecular complexity index is 272. The van der Waals surface area contributed by atoms with Crippen LogP contribution in [0.25, 0.3) is 0 Å². The number of aliphatic hydroxyl groups excluding tert-OH is 2. The molecule has 2 amide bonds. The number of hydrogen-bond acceptors (Lipinski definition) is 5. The van der Waals surface area contributed by atoms with E-state index in [1.807, 2.05) is 0 Å². The summed E-state index contributed by atoms with van der Waals surface area (Å²) in [7, 11) is 0. The number of imide groups is 1. The Kier molecular flexibility index (Phi) is 2.74. The van der Waals surface area contributed by atoms with Crippen LogP contribution in [-0.2, 0) is 9.53 Å². The van der Waals surface area contributed by atoms with E-state index in [-0.39, 0.29) is 0 Å². The van der Waals surface area contributed by atoms with Crippen LogP contribution in [-0.4, -0.2) is 51.8 Å². The van der Waals surface area contributed by atoms with Gasteiger partial charge in [0, 0.05) is 0 Å². The van der Waals surface area contributed by atoms with E-state index in [0.717, 1.165) is 10.8 Å². The molecule has 0 fully saturated rings. The number of aliphatic hydroxyl groups is 2. The van der Waals surface area contributed by atoms with Gasteiger partial charge in [0.1, 0.15) is 6.10 Å². The predicted octanol–water partition coefficient (Wildman–Crippen LogP) is -1.51. The molecule has 13 heavy (non-hydrogen) atoms. The zero-order valence-corrected chi connectivity index (χ0v) is 7.01. The number of nitrogens with zero attached hydrogens (tertiary/aromatic N) is 1. The maximum absolute atomic E-state index is 10.9. The quantitative estimate of drug-likeness (QED) is 0.514. The molecule has 0 aromatic carbocycles. The lowest BCUT2D eigenvalue weighted by Crippen LogP contribution is -2.31. The Morgan fingerprint density at radius 1 is 1.85 bits per heavy atom. The van der Waals surface area contributed by atoms with Crippen molar-refractivity contribution in [2.75, 3.05) is 6.61 Å². The highest BCUT2D eigenvalue weighted by Gasteiger charge is 2.40. The third-order valence-corrected chi connectivity index (χ3v) is 1.64. The van der Waals surface area contributed by atoms with Crippen LogP contribution < -0.4 is 0 Å². The average Bonchev–Trinajstić information content (AvgIpc) is 2.46. The first-order valence-electron chi connectivity index (χ1n) is 3.70. The van der Waals surface area contributed by atoms with Gasteiger partial charge in [0.05, 0.1) is 13.5 Å². The summed E-state index contributed by atoms with van der Waals surface area (Å²) >= 11 is 0. The van der Waals surface area contributed by atoms with Crippen LogP contribution in [0.1, 0.15) is 6.92 Å². The van der Waals surface area contributed by atoms with Crippen molar-refractivity contribution in [3.8, 4) is 0 Å². The van der Waals surface area contributed by atoms with E-state index in [4.69, 9.17) is 10.2 Å². The normalized spacial score (nSPS) is 23.8. The van der Waals surface area contributed by atoms with Crippen LogP contribution in [0.5, 0.6) is 0 Å². The largest absolute Gasteiger partial charge is 0.605 e. The minimum Gasteiger partial charge on any atom is -0.395 e. The van der Waals surface area contributed by atoms with E-state index in [1.165, 1.54) is 6.92 Å². The zero-order chi connectivity index (χ0) is 10.0. The van der Waals surface area contributed by atoms with E-state index in [0.29, 0.717) is 0 Å². The van der Waals surface area contributed by atoms with Crippen molar-refractivity contribution in [2.45, 2.75) is 19.1 Å². The first-order chi connectivity index (χ1) is 6.06. The first-order valence-corrected chi connectivity index (χ1v) is 3.70. The molecule has 0 saturated carbocycles. The predicted molar refractivity (Wildman–Crippen MR) is 40.4 cm³/mol. The molecule has 2 N–H and O–H groups in total. The molecule has 0 aliphatic carbocycles. The van der Waals surface area contributed by atoms with Gasteiger partial charge in [-0.3, -0.25) is 0 Å². The fourth-order valence-corrected chi connectivity index (χ4v) is 0.927. The molecule has 6 nitrogen and oxygen atoms in total. The van der Waals surface area contributed by atoms with Gasteiger partial charge < -0.3 is 14.9 Å². The van der Waals surface area contributed by atoms with E-state index >= 15 is 0 Å². The third kappa shape index (κ3) is 1.90. The number of rotatable bonds is 2. The highest BCUT2D eigenvalue weighted by Crippen LogP contribution is 2.06. The highest BCUT2D eigenvalue weighted by molar-refractivity contribution is 5.87. The summed E-state index contributed by atoms with van der Waals surface area (Å²) < 4.78 is 5.34. The topological polar surface area (TPSA) is 86.8 Å². The molecule has 6 heteroatoms. The van der Waals surface area contributed by atoms with Gasteiger partial charge in [0.15, 0.2) is 0 Å². The van der Waals surface area contributed by atoms with Crippen LogP contribution in [0.3, 0.4) is 0 Å². The molecule has 2 unspecified atom stereocenters. The fourth-order valence-electron chi connectivity index (χ4n) is 0.927. The standard InChI is InChI=1S/C7H10NO5/c1-4(10)8-2-6(5(11)3-9)13-7(8)12/h2,5-6,9,11H,3H2,1H3/q+1. The number of ether oxygens (including phenoxy) is 1. The molecule has 0 aromatic heterocycles. The van der Waals surface area contributed by atoms with Gasteiger partial charge in [-0.2, -0.15) is 4.79 Å². The van der Waals surface area contributed by atoms with Crippen molar-refractivity contribution >= 4 is 18.2 Å². The number of carbonyl (C=O) groups excluding carboxylic acids is 2. The van der Waals surface area contributed by atoms with Crippen LogP contribution in [0.4, 0.5) is 4.79 Å². The Hall–Kier alpha value is -1.27. The molecule has 1 aliphatic heterocycles. The molecule has 2 atom stereocenters. The molecule has 0 radical (unpaired) electrons. The Morgan fingerprint density at radius 2 is 2.46 bits per heavy atom. The molecule has 0 bridgehead atoms. The fraction of sp³-hybridized carbons (Fsp3) is 0.571. The number of hydrogen-bond donors (Lipinski definition) is 2. The van der Waals surface area contributed by atoms with Crippen LogP contribution >= 0.6 is 0 Å². The molecule has 1 heterocycles. The first kappa shape index (κ1) is 9.82. The summed E-state index contributed by atoms with van der Waals surface area (Å²) in [5.74, 6) is -0.488. The summed E-state index contributed by atoms with van der Waals surface area (Å²) in [5.41, 5.74) is 0. The van der Waals surface area contributed by atoms with E-state index in [1.54, 1.807) is 0 Å². The molecule has 72 valence electrons. The van der Waals surface area contributed by atoms with Gasteiger partial charge in [-0.25, -0.2) is 4.79 Å². The molecule has 0 spiro atoms. The van der Waals surface area contributed by atoms with Crippen molar-refractivity contribution in [3.05, 3.63) is 0 Å². The van der Waals surface area contributed by atoms with Crippen LogP contribution in [0, 0.1) is 0 Å². The van der Waals surface area contributed by atoms with Gasteiger partial charge >= 0.3 is 12.0 Å². The lowest BCUT2D eigenvalue weighted by atomic mass is 10.2. The molecule has 0 aromatic rings. The molecular formula is C7H10NO5+. The van der Waals surface area contributed by atoms with Gasteiger partial charge in [0.2, 0.25) is 12.3 Å². The second-order valence-electron chi connectivity index (χ2n) is 2.64. The summed E-state index contributed by atoms with van der Waals surface area (Å²) in [4.78, 5) is 21.7. The summed E-state index contributed by atoms with van der Waals surface area (Å²) in [6, 6.07) is 0. The second-order valence-corrected chi connectivity index (χ2v) is 2.64. The summed E-state index contributed by atoms with van der Waals surface area (Å²) in [6.07, 6.45) is -1.81. The minimum atomic E-state index is -1.19. The lowest BCUT2D eigenvalue weighted by Gasteiger charge is -2.07. The van der Waals surface area contributed by atoms with Crippen molar-refractivity contribution in [1.29, 1.82) is 0 Å². The summed E-state index contributed by atoms with van der Waals surface area (Å²) in [6.45, 7) is 0.672. The zero-order valence-electron chi connectivity index (χ0n) is 7.01. The van der Waals surface area contributed by atoms with Crippen molar-refractivity contribution in [2.24, 2.45) is 0 Å². The smallest absolute Gasteiger partial charge is 0.395 e. The van der Waals surface area contributed by atoms with Crippen molar-refractivity contribution < 1.29 is 29.1 Å². The number of cyclic esters (lactones) is 1. The Balaban J connectivity index is 2.77. The highest BCUT2D eigenvalue weighted by atomic mass is 16.6. The third-order valence-electron chi connectivity index (χ3n) is 1.64. The van der Waals surface area contributed by atoms with Gasteiger partial charge in [-0.1, -0.05) is 4.58 Å². The van der Waals surface area contributed by atoms with Crippen LogP contribution in [0.15, 0.2) is 0 Å². The van der Waals surface area contributed by atoms with Gasteiger partial charge in [0.25, 0.3) is 0 Å². The van der Waals surface area contributed by atoms with Gasteiger partial charge in [-0.05, 0) is 0 Å². The molecule has 0 saturated heterocycles. The lowest BCUT2D eigenvalue weighted by molar-refractivity contribution is -0.358. The molecule has 1 aliphatic rings. The minimum absolute atomic E-state index is 0.488. The number of carbonyl (C=O) groups is 2. The van der Waals surface area contributed by atoms with Crippen molar-refractivity contribution in [3.63, 3.8) is 0 Å². The number of amides is 2. The van der Waals surface area contributed by atoms with Crippen molar-refractivity contribution in [1.82, 2.24) is 0 Å². The SMILES string of the molecule is CC(=O)[N+]1=CC(C(O)CO)OC1=O. The van der Waals surface area contributed by atoms with E-state index < -0.39 is 30.8 Å². The second kappa shape index (κ2) is 3.63. The summed E-state index contributed by atoms with van der Waals surface area (Å²) in [5, 5.41) is 17.6. The van der Waals surface area contributed by atoms with E-state index in [2.05, 4.69) is 4.74 Å². The average molecular weight is 188 g/mol. The Morgan fingerprint density at radius 3 is 2.85 bits per heavy atom. The van der Waals surface area contributed by atoms with Crippen LogP contribution in [0.2, 0.25) is 0 Å². The van der Waals surface area contributed by atoms with Gasteiger partial charge in [-0.15, -0.1) is 0 Å².